The van der Waals surface area contributed by atoms with Gasteiger partial charge >= 0.3 is 80.9 Å². The van der Waals surface area contributed by atoms with E-state index in [9.17, 15) is 0 Å². The molecule has 0 radical (unpaired) electrons. The molecule has 1 aliphatic rings. The summed E-state index contributed by atoms with van der Waals surface area (Å²) in [5.41, 5.74) is 1.43. The second-order valence-corrected chi connectivity index (χ2v) is 4.92. The SMILES string of the molecule is C[CH](C)[Ni][CH2]C=CC1=CC=CC1. The Morgan fingerprint density at radius 3 is 3.00 bits per heavy atom. The molecule has 0 saturated heterocycles. The second-order valence-electron chi connectivity index (χ2n) is 2.98. The zero-order valence-corrected chi connectivity index (χ0v) is 8.68. The van der Waals surface area contributed by atoms with Gasteiger partial charge in [0.2, 0.25) is 0 Å². The molecule has 0 bridgehead atoms. The van der Waals surface area contributed by atoms with E-state index >= 15 is 0 Å². The van der Waals surface area contributed by atoms with E-state index in [4.69, 9.17) is 0 Å². The molecule has 0 amide bonds. The Balaban J connectivity index is 2.14. The third-order valence-corrected chi connectivity index (χ3v) is 2.81. The van der Waals surface area contributed by atoms with Crippen molar-refractivity contribution in [3.63, 3.8) is 0 Å². The summed E-state index contributed by atoms with van der Waals surface area (Å²) in [6.45, 7) is 4.48. The summed E-state index contributed by atoms with van der Waals surface area (Å²) in [5.74, 6) is 0. The third kappa shape index (κ3) is 3.92. The van der Waals surface area contributed by atoms with E-state index in [1.165, 1.54) is 5.57 Å². The molecule has 0 aromatic heterocycles. The Labute approximate surface area is 81.2 Å². The van der Waals surface area contributed by atoms with Crippen LogP contribution in [0.1, 0.15) is 20.3 Å². The first-order valence-corrected chi connectivity index (χ1v) is 5.58. The van der Waals surface area contributed by atoms with E-state index < -0.39 is 0 Å². The van der Waals surface area contributed by atoms with Gasteiger partial charge in [0, 0.05) is 0 Å². The van der Waals surface area contributed by atoms with Crippen LogP contribution in [0.2, 0.25) is 10.3 Å². The van der Waals surface area contributed by atoms with Gasteiger partial charge in [-0.05, 0) is 0 Å². The normalized spacial score (nSPS) is 16.8. The fraction of sp³-hybridized carbons (Fsp3) is 0.455. The minimum atomic E-state index is 0.762. The van der Waals surface area contributed by atoms with Crippen LogP contribution in [-0.4, -0.2) is 0 Å². The molecule has 0 atom stereocenters. The van der Waals surface area contributed by atoms with Crippen molar-refractivity contribution in [2.45, 2.75) is 30.5 Å². The summed E-state index contributed by atoms with van der Waals surface area (Å²) >= 11 is 1.81. The second kappa shape index (κ2) is 5.38. The first kappa shape index (κ1) is 9.80. The van der Waals surface area contributed by atoms with Crippen molar-refractivity contribution >= 4 is 0 Å². The minimum absolute atomic E-state index is 0.762. The van der Waals surface area contributed by atoms with E-state index in [0.29, 0.717) is 0 Å². The summed E-state index contributed by atoms with van der Waals surface area (Å²) < 4.78 is 0. The summed E-state index contributed by atoms with van der Waals surface area (Å²) in [4.78, 5) is 0.762. The van der Waals surface area contributed by atoms with Gasteiger partial charge in [-0.1, -0.05) is 0 Å². The Kier molecular flexibility index (Phi) is 4.39. The van der Waals surface area contributed by atoms with Gasteiger partial charge in [0.15, 0.2) is 0 Å². The van der Waals surface area contributed by atoms with E-state index in [1.54, 1.807) is 0 Å². The monoisotopic (exact) mass is 206 g/mol. The first-order chi connectivity index (χ1) is 5.79. The third-order valence-electron chi connectivity index (χ3n) is 1.54. The van der Waals surface area contributed by atoms with Gasteiger partial charge in [0.05, 0.1) is 0 Å². The van der Waals surface area contributed by atoms with Gasteiger partial charge in [-0.2, -0.15) is 0 Å². The van der Waals surface area contributed by atoms with Gasteiger partial charge in [-0.15, -0.1) is 0 Å². The maximum absolute atomic E-state index is 2.26. The Hall–Kier alpha value is -0.286. The van der Waals surface area contributed by atoms with Gasteiger partial charge in [0.1, 0.15) is 0 Å². The zero-order chi connectivity index (χ0) is 8.81. The van der Waals surface area contributed by atoms with Crippen LogP contribution in [0.15, 0.2) is 36.0 Å². The molecule has 0 aromatic carbocycles. The average Bonchev–Trinajstić information content (AvgIpc) is 2.49. The molecular weight excluding hydrogens is 191 g/mol. The van der Waals surface area contributed by atoms with E-state index in [-0.39, 0.29) is 0 Å². The summed E-state index contributed by atoms with van der Waals surface area (Å²) in [6, 6.07) is 0. The predicted octanol–water partition coefficient (Wildman–Crippen LogP) is 3.76. The fourth-order valence-electron chi connectivity index (χ4n) is 0.968. The molecular formula is C11H16Ni. The molecule has 1 rings (SSSR count). The van der Waals surface area contributed by atoms with Crippen LogP contribution in [0, 0.1) is 0 Å². The van der Waals surface area contributed by atoms with Crippen LogP contribution in [0.25, 0.3) is 0 Å². The fourth-order valence-corrected chi connectivity index (χ4v) is 1.68. The van der Waals surface area contributed by atoms with Crippen LogP contribution in [-0.2, 0) is 14.4 Å². The van der Waals surface area contributed by atoms with E-state index in [0.717, 1.165) is 16.7 Å². The van der Waals surface area contributed by atoms with Crippen molar-refractivity contribution in [3.05, 3.63) is 36.0 Å². The van der Waals surface area contributed by atoms with Crippen molar-refractivity contribution in [3.8, 4) is 0 Å². The summed E-state index contributed by atoms with van der Waals surface area (Å²) in [5, 5.41) is 1.15. The molecule has 0 aromatic rings. The van der Waals surface area contributed by atoms with Crippen LogP contribution < -0.4 is 0 Å². The number of allylic oxidation sites excluding steroid dienone is 6. The maximum atomic E-state index is 2.26. The van der Waals surface area contributed by atoms with Gasteiger partial charge in [-0.25, -0.2) is 0 Å². The first-order valence-electron chi connectivity index (χ1n) is 4.31. The Bertz CT molecular complexity index is 209. The quantitative estimate of drug-likeness (QED) is 0.615. The van der Waals surface area contributed by atoms with Crippen molar-refractivity contribution in [1.82, 2.24) is 0 Å². The van der Waals surface area contributed by atoms with Gasteiger partial charge in [0.25, 0.3) is 0 Å². The van der Waals surface area contributed by atoms with Crippen LogP contribution in [0.4, 0.5) is 0 Å². The topological polar surface area (TPSA) is 0 Å². The van der Waals surface area contributed by atoms with Crippen molar-refractivity contribution in [2.75, 3.05) is 0 Å². The summed E-state index contributed by atoms with van der Waals surface area (Å²) in [6.07, 6.45) is 12.1. The zero-order valence-electron chi connectivity index (χ0n) is 7.69. The van der Waals surface area contributed by atoms with E-state index in [2.05, 4.69) is 44.2 Å². The van der Waals surface area contributed by atoms with Crippen molar-refractivity contribution in [2.24, 2.45) is 0 Å². The van der Waals surface area contributed by atoms with Crippen LogP contribution in [0.5, 0.6) is 0 Å². The molecule has 12 heavy (non-hydrogen) atoms. The predicted molar refractivity (Wildman–Crippen MR) is 50.9 cm³/mol. The van der Waals surface area contributed by atoms with E-state index in [1.807, 2.05) is 14.4 Å². The van der Waals surface area contributed by atoms with Crippen molar-refractivity contribution < 1.29 is 14.4 Å². The molecule has 0 nitrogen and oxygen atoms in total. The van der Waals surface area contributed by atoms with Crippen LogP contribution >= 0.6 is 0 Å². The van der Waals surface area contributed by atoms with Gasteiger partial charge < -0.3 is 0 Å². The molecule has 0 N–H and O–H groups in total. The molecule has 70 valence electrons. The molecule has 1 heteroatoms. The molecule has 1 aliphatic carbocycles. The molecule has 0 spiro atoms. The molecule has 0 heterocycles. The number of rotatable bonds is 4. The molecule has 0 aliphatic heterocycles. The van der Waals surface area contributed by atoms with Crippen molar-refractivity contribution in [1.29, 1.82) is 0 Å². The van der Waals surface area contributed by atoms with Gasteiger partial charge in [-0.3, -0.25) is 0 Å². The molecule has 0 saturated carbocycles. The Morgan fingerprint density at radius 2 is 2.42 bits per heavy atom. The molecule has 0 unspecified atom stereocenters. The number of hydrogen-bond donors (Lipinski definition) is 0. The number of hydrogen-bond acceptors (Lipinski definition) is 0. The average molecular weight is 207 g/mol. The molecule has 0 fully saturated rings. The standard InChI is InChI=1S/C8H9.C3H7.Ni/c1-2-5-8-6-3-4-7-8;1-3-2;/h2-6H,1,7H2;3H,1-2H3;. The summed E-state index contributed by atoms with van der Waals surface area (Å²) in [7, 11) is 0. The van der Waals surface area contributed by atoms with Crippen LogP contribution in [0.3, 0.4) is 0 Å². The Morgan fingerprint density at radius 1 is 1.58 bits per heavy atom.